The van der Waals surface area contributed by atoms with Crippen LogP contribution in [0.25, 0.3) is 16.8 Å². The molecule has 0 saturated carbocycles. The van der Waals surface area contributed by atoms with E-state index in [1.165, 1.54) is 7.11 Å². The molecule has 0 unspecified atom stereocenters. The summed E-state index contributed by atoms with van der Waals surface area (Å²) in [6.45, 7) is 0. The Balaban J connectivity index is 1.84. The first-order valence-corrected chi connectivity index (χ1v) is 8.25. The van der Waals surface area contributed by atoms with E-state index in [-0.39, 0.29) is 0 Å². The van der Waals surface area contributed by atoms with E-state index in [0.29, 0.717) is 22.6 Å². The Kier molecular flexibility index (Phi) is 3.98. The molecule has 2 heterocycles. The summed E-state index contributed by atoms with van der Waals surface area (Å²) in [5.41, 5.74) is 2.35. The highest BCUT2D eigenvalue weighted by atomic mass is 16.6. The van der Waals surface area contributed by atoms with Crippen molar-refractivity contribution in [2.45, 2.75) is 0 Å². The van der Waals surface area contributed by atoms with Gasteiger partial charge in [0.15, 0.2) is 11.5 Å². The van der Waals surface area contributed by atoms with E-state index >= 15 is 0 Å². The fraction of sp³-hybridized carbons (Fsp3) is 0.0952. The molecule has 0 bridgehead atoms. The predicted molar refractivity (Wildman–Crippen MR) is 102 cm³/mol. The number of nitriles is 1. The number of methoxy groups -OCH3 is 1. The molecule has 0 radical (unpaired) electrons. The first-order valence-electron chi connectivity index (χ1n) is 8.25. The van der Waals surface area contributed by atoms with E-state index in [9.17, 15) is 4.79 Å². The zero-order valence-corrected chi connectivity index (χ0v) is 14.8. The largest absolute Gasteiger partial charge is 0.493 e. The van der Waals surface area contributed by atoms with Crippen LogP contribution in [-0.4, -0.2) is 25.1 Å². The summed E-state index contributed by atoms with van der Waals surface area (Å²) in [5.74, 6) is 0.265. The number of aromatic nitrogens is 1. The van der Waals surface area contributed by atoms with E-state index in [1.807, 2.05) is 42.4 Å². The molecule has 0 atom stereocenters. The highest BCUT2D eigenvalue weighted by Crippen LogP contribution is 2.46. The van der Waals surface area contributed by atoms with Crippen LogP contribution in [0.15, 0.2) is 48.8 Å². The number of hydrogen-bond donors (Lipinski definition) is 0. The lowest BCUT2D eigenvalue weighted by molar-refractivity contribution is 0.0731. The van der Waals surface area contributed by atoms with Crippen LogP contribution in [0, 0.1) is 11.3 Å². The Hall–Kier alpha value is -3.85. The van der Waals surface area contributed by atoms with Gasteiger partial charge in [-0.1, -0.05) is 0 Å². The number of anilines is 1. The normalized spacial score (nSPS) is 12.0. The number of rotatable bonds is 3. The summed E-state index contributed by atoms with van der Waals surface area (Å²) in [4.78, 5) is 19.0. The standard InChI is InChI=1S/C21H15N3O3/c1-24-10-8-16-18-15(7-9-23-16)11-17(26-2)20(19(18)24)27-21(25)14-5-3-13(12-22)4-6-14/h3-11H,1-2H3. The number of carbonyl (C=O) groups is 1. The summed E-state index contributed by atoms with van der Waals surface area (Å²) >= 11 is 0. The molecule has 1 aliphatic heterocycles. The molecule has 6 heteroatoms. The fourth-order valence-electron chi connectivity index (χ4n) is 3.11. The molecule has 27 heavy (non-hydrogen) atoms. The van der Waals surface area contributed by atoms with Crippen LogP contribution in [0.2, 0.25) is 0 Å². The Bertz CT molecular complexity index is 1130. The van der Waals surface area contributed by atoms with Crippen LogP contribution < -0.4 is 14.4 Å². The van der Waals surface area contributed by atoms with Gasteiger partial charge in [-0.05, 0) is 47.9 Å². The second-order valence-electron chi connectivity index (χ2n) is 6.06. The Morgan fingerprint density at radius 2 is 2.00 bits per heavy atom. The second-order valence-corrected chi connectivity index (χ2v) is 6.06. The van der Waals surface area contributed by atoms with Gasteiger partial charge < -0.3 is 14.4 Å². The van der Waals surface area contributed by atoms with Crippen molar-refractivity contribution in [2.75, 3.05) is 19.1 Å². The molecule has 132 valence electrons. The van der Waals surface area contributed by atoms with Gasteiger partial charge in [-0.3, -0.25) is 4.98 Å². The molecule has 0 saturated heterocycles. The highest BCUT2D eigenvalue weighted by Gasteiger charge is 2.25. The molecule has 1 aromatic heterocycles. The van der Waals surface area contributed by atoms with E-state index in [2.05, 4.69) is 4.98 Å². The van der Waals surface area contributed by atoms with Gasteiger partial charge in [0.05, 0.1) is 35.7 Å². The zero-order chi connectivity index (χ0) is 19.0. The van der Waals surface area contributed by atoms with E-state index < -0.39 is 5.97 Å². The summed E-state index contributed by atoms with van der Waals surface area (Å²) in [6, 6.07) is 12.0. The summed E-state index contributed by atoms with van der Waals surface area (Å²) in [5, 5.41) is 10.7. The number of benzene rings is 2. The van der Waals surface area contributed by atoms with Crippen LogP contribution in [0.5, 0.6) is 11.5 Å². The minimum Gasteiger partial charge on any atom is -0.493 e. The Labute approximate surface area is 155 Å². The number of nitrogens with zero attached hydrogens (tertiary/aromatic N) is 3. The lowest BCUT2D eigenvalue weighted by Gasteiger charge is -2.25. The molecule has 2 aromatic carbocycles. The first-order chi connectivity index (χ1) is 13.1. The molecule has 0 aliphatic carbocycles. The SMILES string of the molecule is COc1cc2ccnc3c2c(c1OC(=O)c1ccc(C#N)cc1)N(C)C=C3. The van der Waals surface area contributed by atoms with Gasteiger partial charge in [0, 0.05) is 24.8 Å². The van der Waals surface area contributed by atoms with Crippen LogP contribution in [0.4, 0.5) is 5.69 Å². The third-order valence-electron chi connectivity index (χ3n) is 4.45. The number of pyridine rings is 1. The topological polar surface area (TPSA) is 75.5 Å². The van der Waals surface area contributed by atoms with E-state index in [4.69, 9.17) is 14.7 Å². The van der Waals surface area contributed by atoms with Gasteiger partial charge in [-0.15, -0.1) is 0 Å². The fourth-order valence-corrected chi connectivity index (χ4v) is 3.11. The average molecular weight is 357 g/mol. The molecule has 0 fully saturated rings. The summed E-state index contributed by atoms with van der Waals surface area (Å²) in [7, 11) is 3.41. The van der Waals surface area contributed by atoms with Crippen molar-refractivity contribution in [3.8, 4) is 17.6 Å². The molecule has 6 nitrogen and oxygen atoms in total. The maximum absolute atomic E-state index is 12.7. The number of esters is 1. The quantitative estimate of drug-likeness (QED) is 0.525. The van der Waals surface area contributed by atoms with Crippen molar-refractivity contribution >= 4 is 28.5 Å². The predicted octanol–water partition coefficient (Wildman–Crippen LogP) is 3.75. The van der Waals surface area contributed by atoms with Crippen molar-refractivity contribution in [3.05, 3.63) is 65.6 Å². The zero-order valence-electron chi connectivity index (χ0n) is 14.8. The average Bonchev–Trinajstić information content (AvgIpc) is 2.71. The number of carbonyl (C=O) groups excluding carboxylic acids is 1. The van der Waals surface area contributed by atoms with Crippen molar-refractivity contribution in [1.82, 2.24) is 4.98 Å². The molecule has 0 spiro atoms. The third kappa shape index (κ3) is 2.75. The maximum Gasteiger partial charge on any atom is 0.343 e. The van der Waals surface area contributed by atoms with Gasteiger partial charge >= 0.3 is 5.97 Å². The van der Waals surface area contributed by atoms with Gasteiger partial charge in [0.1, 0.15) is 0 Å². The second kappa shape index (κ2) is 6.46. The summed E-state index contributed by atoms with van der Waals surface area (Å²) < 4.78 is 11.2. The van der Waals surface area contributed by atoms with E-state index in [1.54, 1.807) is 30.5 Å². The van der Waals surface area contributed by atoms with Crippen molar-refractivity contribution in [1.29, 1.82) is 5.26 Å². The highest BCUT2D eigenvalue weighted by molar-refractivity contribution is 6.07. The maximum atomic E-state index is 12.7. The Morgan fingerprint density at radius 3 is 2.70 bits per heavy atom. The summed E-state index contributed by atoms with van der Waals surface area (Å²) in [6.07, 6.45) is 5.51. The Morgan fingerprint density at radius 1 is 1.22 bits per heavy atom. The van der Waals surface area contributed by atoms with Crippen LogP contribution in [-0.2, 0) is 0 Å². The van der Waals surface area contributed by atoms with Gasteiger partial charge in [-0.2, -0.15) is 5.26 Å². The molecule has 1 aliphatic rings. The number of hydrogen-bond acceptors (Lipinski definition) is 6. The minimum atomic E-state index is -0.526. The third-order valence-corrected chi connectivity index (χ3v) is 4.45. The van der Waals surface area contributed by atoms with Gasteiger partial charge in [-0.25, -0.2) is 4.79 Å². The molecule has 4 rings (SSSR count). The monoisotopic (exact) mass is 357 g/mol. The molecular weight excluding hydrogens is 342 g/mol. The van der Waals surface area contributed by atoms with Crippen LogP contribution in [0.3, 0.4) is 0 Å². The van der Waals surface area contributed by atoms with Crippen molar-refractivity contribution < 1.29 is 14.3 Å². The van der Waals surface area contributed by atoms with Crippen LogP contribution >= 0.6 is 0 Å². The van der Waals surface area contributed by atoms with Crippen LogP contribution in [0.1, 0.15) is 21.6 Å². The lowest BCUT2D eigenvalue weighted by Crippen LogP contribution is -2.17. The van der Waals surface area contributed by atoms with Gasteiger partial charge in [0.25, 0.3) is 0 Å². The lowest BCUT2D eigenvalue weighted by atomic mass is 10.0. The van der Waals surface area contributed by atoms with Crippen molar-refractivity contribution in [2.24, 2.45) is 0 Å². The van der Waals surface area contributed by atoms with Gasteiger partial charge in [0.2, 0.25) is 0 Å². The molecule has 3 aromatic rings. The van der Waals surface area contributed by atoms with Crippen molar-refractivity contribution in [3.63, 3.8) is 0 Å². The minimum absolute atomic E-state index is 0.334. The molecule has 0 amide bonds. The molecular formula is C21H15N3O3. The first kappa shape index (κ1) is 16.6. The molecule has 0 N–H and O–H groups in total. The smallest absolute Gasteiger partial charge is 0.343 e. The number of ether oxygens (including phenoxy) is 2. The van der Waals surface area contributed by atoms with E-state index in [0.717, 1.165) is 22.2 Å².